The number of halogens is 1. The Kier molecular flexibility index (Phi) is 5.09. The quantitative estimate of drug-likeness (QED) is 0.524. The Morgan fingerprint density at radius 3 is 3.06 bits per heavy atom. The standard InChI is InChI=1S/C12H19ClN4S/c1-17-6-4-3-5-9(17)8-14-11-7-10(13)15-12(16-11)18-2/h7,9H,3-6,8H2,1-2H3,(H,14,15,16). The zero-order chi connectivity index (χ0) is 13.0. The molecule has 2 rings (SSSR count). The van der Waals surface area contributed by atoms with Crippen LogP contribution in [0, 0.1) is 0 Å². The summed E-state index contributed by atoms with van der Waals surface area (Å²) in [6.45, 7) is 2.10. The molecule has 1 aromatic rings. The smallest absolute Gasteiger partial charge is 0.190 e. The van der Waals surface area contributed by atoms with Gasteiger partial charge in [0.1, 0.15) is 11.0 Å². The summed E-state index contributed by atoms with van der Waals surface area (Å²) in [5.41, 5.74) is 0. The van der Waals surface area contributed by atoms with Crippen molar-refractivity contribution in [3.63, 3.8) is 0 Å². The minimum atomic E-state index is 0.494. The lowest BCUT2D eigenvalue weighted by Crippen LogP contribution is -2.40. The summed E-state index contributed by atoms with van der Waals surface area (Å²) in [6.07, 6.45) is 5.82. The Hall–Kier alpha value is -0.520. The van der Waals surface area contributed by atoms with E-state index in [0.717, 1.165) is 12.4 Å². The van der Waals surface area contributed by atoms with Crippen molar-refractivity contribution in [2.75, 3.05) is 31.7 Å². The third kappa shape index (κ3) is 3.73. The van der Waals surface area contributed by atoms with Gasteiger partial charge in [-0.2, -0.15) is 0 Å². The Labute approximate surface area is 118 Å². The molecule has 100 valence electrons. The summed E-state index contributed by atoms with van der Waals surface area (Å²) in [5, 5.41) is 4.57. The first-order valence-corrected chi connectivity index (χ1v) is 7.82. The lowest BCUT2D eigenvalue weighted by atomic mass is 10.0. The highest BCUT2D eigenvalue weighted by atomic mass is 35.5. The number of rotatable bonds is 4. The number of thioether (sulfide) groups is 1. The number of nitrogens with zero attached hydrogens (tertiary/aromatic N) is 3. The molecule has 1 N–H and O–H groups in total. The van der Waals surface area contributed by atoms with Crippen LogP contribution in [0.1, 0.15) is 19.3 Å². The summed E-state index contributed by atoms with van der Waals surface area (Å²) in [7, 11) is 2.19. The van der Waals surface area contributed by atoms with E-state index < -0.39 is 0 Å². The number of hydrogen-bond donors (Lipinski definition) is 1. The molecule has 0 aliphatic carbocycles. The van der Waals surface area contributed by atoms with Crippen molar-refractivity contribution >= 4 is 29.2 Å². The summed E-state index contributed by atoms with van der Waals surface area (Å²) in [5.74, 6) is 0.818. The Morgan fingerprint density at radius 1 is 1.50 bits per heavy atom. The first-order valence-electron chi connectivity index (χ1n) is 6.21. The second-order valence-electron chi connectivity index (χ2n) is 4.57. The van der Waals surface area contributed by atoms with Gasteiger partial charge < -0.3 is 10.2 Å². The van der Waals surface area contributed by atoms with E-state index in [1.807, 2.05) is 6.26 Å². The molecule has 0 spiro atoms. The predicted octanol–water partition coefficient (Wildman–Crippen LogP) is 2.75. The molecule has 1 unspecified atom stereocenters. The molecule has 1 saturated heterocycles. The van der Waals surface area contributed by atoms with E-state index in [1.165, 1.54) is 37.6 Å². The maximum absolute atomic E-state index is 5.96. The lowest BCUT2D eigenvalue weighted by Gasteiger charge is -2.32. The van der Waals surface area contributed by atoms with Crippen LogP contribution >= 0.6 is 23.4 Å². The number of aromatic nitrogens is 2. The SMILES string of the molecule is CSc1nc(Cl)cc(NCC2CCCCN2C)n1. The Bertz CT molecular complexity index is 402. The molecule has 0 saturated carbocycles. The number of likely N-dealkylation sites (N-methyl/N-ethyl adjacent to an activating group) is 1. The lowest BCUT2D eigenvalue weighted by molar-refractivity contribution is 0.194. The second kappa shape index (κ2) is 6.59. The van der Waals surface area contributed by atoms with Crippen molar-refractivity contribution in [1.82, 2.24) is 14.9 Å². The van der Waals surface area contributed by atoms with Gasteiger partial charge in [-0.3, -0.25) is 0 Å². The molecule has 1 aliphatic heterocycles. The van der Waals surface area contributed by atoms with Crippen LogP contribution in [-0.4, -0.2) is 47.3 Å². The van der Waals surface area contributed by atoms with Crippen LogP contribution < -0.4 is 5.32 Å². The van der Waals surface area contributed by atoms with E-state index in [-0.39, 0.29) is 0 Å². The number of nitrogens with one attached hydrogen (secondary N) is 1. The maximum Gasteiger partial charge on any atom is 0.190 e. The van der Waals surface area contributed by atoms with Gasteiger partial charge in [-0.15, -0.1) is 0 Å². The Balaban J connectivity index is 1.94. The molecular weight excluding hydrogens is 268 g/mol. The van der Waals surface area contributed by atoms with Gasteiger partial charge in [-0.1, -0.05) is 29.8 Å². The van der Waals surface area contributed by atoms with Crippen molar-refractivity contribution in [3.8, 4) is 0 Å². The van der Waals surface area contributed by atoms with Crippen molar-refractivity contribution in [2.24, 2.45) is 0 Å². The molecule has 4 nitrogen and oxygen atoms in total. The van der Waals surface area contributed by atoms with Crippen LogP contribution in [-0.2, 0) is 0 Å². The number of hydrogen-bond acceptors (Lipinski definition) is 5. The summed E-state index contributed by atoms with van der Waals surface area (Å²) in [4.78, 5) is 10.9. The largest absolute Gasteiger partial charge is 0.368 e. The Morgan fingerprint density at radius 2 is 2.33 bits per heavy atom. The average Bonchev–Trinajstić information content (AvgIpc) is 2.37. The highest BCUT2D eigenvalue weighted by Crippen LogP contribution is 2.19. The van der Waals surface area contributed by atoms with Crippen LogP contribution in [0.15, 0.2) is 11.2 Å². The van der Waals surface area contributed by atoms with E-state index in [1.54, 1.807) is 6.07 Å². The van der Waals surface area contributed by atoms with Gasteiger partial charge in [-0.25, -0.2) is 9.97 Å². The molecule has 6 heteroatoms. The van der Waals surface area contributed by atoms with Gasteiger partial charge in [0.25, 0.3) is 0 Å². The van der Waals surface area contributed by atoms with Crippen LogP contribution in [0.5, 0.6) is 0 Å². The van der Waals surface area contributed by atoms with Gasteiger partial charge in [0, 0.05) is 18.7 Å². The van der Waals surface area contributed by atoms with Gasteiger partial charge in [-0.05, 0) is 32.7 Å². The normalized spacial score (nSPS) is 20.9. The topological polar surface area (TPSA) is 41.1 Å². The van der Waals surface area contributed by atoms with Crippen molar-refractivity contribution < 1.29 is 0 Å². The van der Waals surface area contributed by atoms with Gasteiger partial charge in [0.2, 0.25) is 0 Å². The van der Waals surface area contributed by atoms with Crippen molar-refractivity contribution in [2.45, 2.75) is 30.5 Å². The van der Waals surface area contributed by atoms with Gasteiger partial charge in [0.05, 0.1) is 0 Å². The van der Waals surface area contributed by atoms with Crippen LogP contribution in [0.4, 0.5) is 5.82 Å². The van der Waals surface area contributed by atoms with E-state index in [4.69, 9.17) is 11.6 Å². The third-order valence-electron chi connectivity index (χ3n) is 3.30. The number of anilines is 1. The zero-order valence-electron chi connectivity index (χ0n) is 10.8. The first kappa shape index (κ1) is 13.9. The monoisotopic (exact) mass is 286 g/mol. The minimum absolute atomic E-state index is 0.494. The fourth-order valence-electron chi connectivity index (χ4n) is 2.20. The molecule has 2 heterocycles. The number of piperidine rings is 1. The molecule has 1 fully saturated rings. The van der Waals surface area contributed by atoms with E-state index >= 15 is 0 Å². The molecule has 18 heavy (non-hydrogen) atoms. The molecule has 0 amide bonds. The highest BCUT2D eigenvalue weighted by Gasteiger charge is 2.18. The molecule has 1 atom stereocenters. The summed E-state index contributed by atoms with van der Waals surface area (Å²) in [6, 6.07) is 2.37. The fourth-order valence-corrected chi connectivity index (χ4v) is 2.82. The maximum atomic E-state index is 5.96. The summed E-state index contributed by atoms with van der Waals surface area (Å²) >= 11 is 7.47. The van der Waals surface area contributed by atoms with Crippen LogP contribution in [0.25, 0.3) is 0 Å². The van der Waals surface area contributed by atoms with Gasteiger partial charge in [0.15, 0.2) is 5.16 Å². The van der Waals surface area contributed by atoms with Gasteiger partial charge >= 0.3 is 0 Å². The van der Waals surface area contributed by atoms with E-state index in [2.05, 4.69) is 27.2 Å². The average molecular weight is 287 g/mol. The molecule has 0 radical (unpaired) electrons. The van der Waals surface area contributed by atoms with Crippen LogP contribution in [0.3, 0.4) is 0 Å². The van der Waals surface area contributed by atoms with E-state index in [9.17, 15) is 0 Å². The molecule has 0 aromatic carbocycles. The highest BCUT2D eigenvalue weighted by molar-refractivity contribution is 7.98. The first-order chi connectivity index (χ1) is 8.69. The van der Waals surface area contributed by atoms with Crippen molar-refractivity contribution in [1.29, 1.82) is 0 Å². The van der Waals surface area contributed by atoms with Crippen LogP contribution in [0.2, 0.25) is 5.15 Å². The predicted molar refractivity (Wildman–Crippen MR) is 77.6 cm³/mol. The van der Waals surface area contributed by atoms with E-state index in [0.29, 0.717) is 16.4 Å². The minimum Gasteiger partial charge on any atom is -0.368 e. The number of likely N-dealkylation sites (tertiary alicyclic amines) is 1. The molecule has 0 bridgehead atoms. The zero-order valence-corrected chi connectivity index (χ0v) is 12.4. The van der Waals surface area contributed by atoms with Crippen molar-refractivity contribution in [3.05, 3.63) is 11.2 Å². The molecule has 1 aromatic heterocycles. The molecular formula is C12H19ClN4S. The fraction of sp³-hybridized carbons (Fsp3) is 0.667. The third-order valence-corrected chi connectivity index (χ3v) is 4.04. The summed E-state index contributed by atoms with van der Waals surface area (Å²) < 4.78 is 0. The molecule has 1 aliphatic rings. The second-order valence-corrected chi connectivity index (χ2v) is 5.73.